The maximum absolute atomic E-state index is 12.6. The highest BCUT2D eigenvalue weighted by molar-refractivity contribution is 6.34. The van der Waals surface area contributed by atoms with E-state index in [1.807, 2.05) is 42.7 Å². The Bertz CT molecular complexity index is 1240. The summed E-state index contributed by atoms with van der Waals surface area (Å²) >= 11 is 6.09. The highest BCUT2D eigenvalue weighted by atomic mass is 35.5. The number of hydrogen-bond acceptors (Lipinski definition) is 4. The van der Waals surface area contributed by atoms with Crippen molar-refractivity contribution >= 4 is 35.2 Å². The van der Waals surface area contributed by atoms with E-state index in [9.17, 15) is 14.9 Å². The summed E-state index contributed by atoms with van der Waals surface area (Å²) in [5.74, 6) is -1.01. The number of methoxy groups -OCH3 is 1. The fourth-order valence-corrected chi connectivity index (χ4v) is 3.49. The lowest BCUT2D eigenvalue weighted by Gasteiger charge is -2.13. The Labute approximate surface area is 185 Å². The first-order chi connectivity index (χ1) is 14.9. The molecule has 1 aromatic heterocycles. The number of para-hydroxylation sites is 2. The van der Waals surface area contributed by atoms with Gasteiger partial charge in [0.25, 0.3) is 5.91 Å². The van der Waals surface area contributed by atoms with Crippen LogP contribution in [0.3, 0.4) is 0 Å². The first-order valence-corrected chi connectivity index (χ1v) is 9.79. The van der Waals surface area contributed by atoms with Gasteiger partial charge in [-0.3, -0.25) is 4.79 Å². The number of hydrogen-bond donors (Lipinski definition) is 1. The summed E-state index contributed by atoms with van der Waals surface area (Å²) in [5.41, 5.74) is 3.72. The van der Waals surface area contributed by atoms with E-state index >= 15 is 0 Å². The molecular formula is C24H20ClN3O3. The molecule has 0 aliphatic rings. The van der Waals surface area contributed by atoms with Gasteiger partial charge in [0.2, 0.25) is 0 Å². The van der Waals surface area contributed by atoms with Crippen molar-refractivity contribution in [1.82, 2.24) is 4.57 Å². The standard InChI is InChI=1S/C24H20ClN3O3/c1-15-12-17(13-18(14-26)23(29)27-21-10-6-5-9-20(21)25)16(2)28(15)22-11-7-4-8-19(22)24(30)31-3/h4-13H,1-3H3,(H,27,29)/b18-13+. The highest BCUT2D eigenvalue weighted by Gasteiger charge is 2.18. The van der Waals surface area contributed by atoms with E-state index in [0.29, 0.717) is 27.5 Å². The third-order valence-electron chi connectivity index (χ3n) is 4.81. The van der Waals surface area contributed by atoms with E-state index in [1.165, 1.54) is 13.2 Å². The molecule has 31 heavy (non-hydrogen) atoms. The van der Waals surface area contributed by atoms with Gasteiger partial charge in [-0.2, -0.15) is 5.26 Å². The topological polar surface area (TPSA) is 84.1 Å². The molecule has 6 nitrogen and oxygen atoms in total. The monoisotopic (exact) mass is 433 g/mol. The van der Waals surface area contributed by atoms with E-state index in [4.69, 9.17) is 16.3 Å². The zero-order valence-corrected chi connectivity index (χ0v) is 18.0. The molecular weight excluding hydrogens is 414 g/mol. The average Bonchev–Trinajstić information content (AvgIpc) is 3.05. The number of nitriles is 1. The van der Waals surface area contributed by atoms with E-state index in [1.54, 1.807) is 36.4 Å². The van der Waals surface area contributed by atoms with Crippen LogP contribution in [0.1, 0.15) is 27.3 Å². The Morgan fingerprint density at radius 2 is 1.81 bits per heavy atom. The number of benzene rings is 2. The van der Waals surface area contributed by atoms with Crippen LogP contribution in [0, 0.1) is 25.2 Å². The van der Waals surface area contributed by atoms with Crippen molar-refractivity contribution < 1.29 is 14.3 Å². The molecule has 0 saturated carbocycles. The summed E-state index contributed by atoms with van der Waals surface area (Å²) in [6.07, 6.45) is 1.52. The molecule has 0 saturated heterocycles. The predicted molar refractivity (Wildman–Crippen MR) is 120 cm³/mol. The molecule has 2 aromatic carbocycles. The molecule has 0 spiro atoms. The molecule has 0 radical (unpaired) electrons. The first-order valence-electron chi connectivity index (χ1n) is 9.41. The lowest BCUT2D eigenvalue weighted by Crippen LogP contribution is -2.13. The number of nitrogens with zero attached hydrogens (tertiary/aromatic N) is 2. The predicted octanol–water partition coefficient (Wildman–Crippen LogP) is 5.08. The molecule has 1 amide bonds. The number of esters is 1. The van der Waals surface area contributed by atoms with Gasteiger partial charge in [-0.1, -0.05) is 35.9 Å². The zero-order chi connectivity index (χ0) is 22.5. The van der Waals surface area contributed by atoms with Gasteiger partial charge in [-0.05, 0) is 55.8 Å². The lowest BCUT2D eigenvalue weighted by molar-refractivity contribution is -0.112. The van der Waals surface area contributed by atoms with Gasteiger partial charge in [0, 0.05) is 11.4 Å². The maximum atomic E-state index is 12.6. The van der Waals surface area contributed by atoms with Crippen molar-refractivity contribution in [3.8, 4) is 11.8 Å². The quantitative estimate of drug-likeness (QED) is 0.345. The van der Waals surface area contributed by atoms with Gasteiger partial charge >= 0.3 is 5.97 Å². The molecule has 1 heterocycles. The number of halogens is 1. The number of carbonyl (C=O) groups is 2. The highest BCUT2D eigenvalue weighted by Crippen LogP contribution is 2.26. The van der Waals surface area contributed by atoms with Crippen molar-refractivity contribution in [2.75, 3.05) is 12.4 Å². The maximum Gasteiger partial charge on any atom is 0.339 e. The van der Waals surface area contributed by atoms with Crippen LogP contribution in [0.5, 0.6) is 0 Å². The van der Waals surface area contributed by atoms with Crippen molar-refractivity contribution in [3.63, 3.8) is 0 Å². The van der Waals surface area contributed by atoms with E-state index in [0.717, 1.165) is 11.4 Å². The summed E-state index contributed by atoms with van der Waals surface area (Å²) in [7, 11) is 1.33. The van der Waals surface area contributed by atoms with E-state index in [-0.39, 0.29) is 5.57 Å². The van der Waals surface area contributed by atoms with Gasteiger partial charge in [-0.15, -0.1) is 0 Å². The Hall–Kier alpha value is -3.82. The van der Waals surface area contributed by atoms with Gasteiger partial charge < -0.3 is 14.6 Å². The van der Waals surface area contributed by atoms with Crippen LogP contribution in [0.2, 0.25) is 5.02 Å². The minimum Gasteiger partial charge on any atom is -0.465 e. The second kappa shape index (κ2) is 9.33. The van der Waals surface area contributed by atoms with Crippen LogP contribution < -0.4 is 5.32 Å². The average molecular weight is 434 g/mol. The number of aryl methyl sites for hydroxylation is 1. The van der Waals surface area contributed by atoms with E-state index in [2.05, 4.69) is 5.32 Å². The Morgan fingerprint density at radius 1 is 1.13 bits per heavy atom. The van der Waals surface area contributed by atoms with Gasteiger partial charge in [0.15, 0.2) is 0 Å². The number of amides is 1. The zero-order valence-electron chi connectivity index (χ0n) is 17.3. The number of aromatic nitrogens is 1. The second-order valence-electron chi connectivity index (χ2n) is 6.77. The molecule has 1 N–H and O–H groups in total. The number of nitrogens with one attached hydrogen (secondary N) is 1. The minimum absolute atomic E-state index is 0.0681. The molecule has 3 aromatic rings. The van der Waals surface area contributed by atoms with Crippen LogP contribution in [-0.4, -0.2) is 23.6 Å². The summed E-state index contributed by atoms with van der Waals surface area (Å²) < 4.78 is 6.78. The number of ether oxygens (including phenoxy) is 1. The van der Waals surface area contributed by atoms with Crippen LogP contribution in [0.25, 0.3) is 11.8 Å². The molecule has 0 unspecified atom stereocenters. The Kier molecular flexibility index (Phi) is 6.58. The lowest BCUT2D eigenvalue weighted by atomic mass is 10.1. The van der Waals surface area contributed by atoms with E-state index < -0.39 is 11.9 Å². The van der Waals surface area contributed by atoms with Gasteiger partial charge in [0.1, 0.15) is 11.6 Å². The fraction of sp³-hybridized carbons (Fsp3) is 0.125. The molecule has 0 aliphatic carbocycles. The number of anilines is 1. The number of carbonyl (C=O) groups excluding carboxylic acids is 2. The summed E-state index contributed by atoms with van der Waals surface area (Å²) in [5, 5.41) is 12.6. The first kappa shape index (κ1) is 21.9. The summed E-state index contributed by atoms with van der Waals surface area (Å²) in [6.45, 7) is 3.74. The third kappa shape index (κ3) is 4.52. The second-order valence-corrected chi connectivity index (χ2v) is 7.18. The number of rotatable bonds is 5. The molecule has 0 fully saturated rings. The fourth-order valence-electron chi connectivity index (χ4n) is 3.31. The van der Waals surface area contributed by atoms with Crippen molar-refractivity contribution in [1.29, 1.82) is 5.26 Å². The molecule has 156 valence electrons. The molecule has 7 heteroatoms. The van der Waals surface area contributed by atoms with Crippen molar-refractivity contribution in [2.24, 2.45) is 0 Å². The third-order valence-corrected chi connectivity index (χ3v) is 5.14. The smallest absolute Gasteiger partial charge is 0.339 e. The largest absolute Gasteiger partial charge is 0.465 e. The van der Waals surface area contributed by atoms with Crippen LogP contribution in [0.4, 0.5) is 5.69 Å². The van der Waals surface area contributed by atoms with Gasteiger partial charge in [-0.25, -0.2) is 4.79 Å². The molecule has 0 atom stereocenters. The molecule has 0 aliphatic heterocycles. The van der Waals surface area contributed by atoms with Gasteiger partial charge in [0.05, 0.1) is 29.1 Å². The van der Waals surface area contributed by atoms with Crippen LogP contribution in [0.15, 0.2) is 60.2 Å². The van der Waals surface area contributed by atoms with Crippen LogP contribution >= 0.6 is 11.6 Å². The van der Waals surface area contributed by atoms with Crippen LogP contribution in [-0.2, 0) is 9.53 Å². The Balaban J connectivity index is 2.01. The summed E-state index contributed by atoms with van der Waals surface area (Å²) in [6, 6.07) is 17.7. The minimum atomic E-state index is -0.560. The van der Waals surface area contributed by atoms with Crippen molar-refractivity contribution in [3.05, 3.63) is 87.7 Å². The molecule has 0 bridgehead atoms. The molecule has 3 rings (SSSR count). The normalized spacial score (nSPS) is 11.0. The summed E-state index contributed by atoms with van der Waals surface area (Å²) in [4.78, 5) is 24.8. The SMILES string of the molecule is COC(=O)c1ccccc1-n1c(C)cc(/C=C(\C#N)C(=O)Nc2ccccc2Cl)c1C. The Morgan fingerprint density at radius 3 is 2.48 bits per heavy atom. The van der Waals surface area contributed by atoms with Crippen molar-refractivity contribution in [2.45, 2.75) is 13.8 Å².